The second-order valence-electron chi connectivity index (χ2n) is 5.46. The predicted octanol–water partition coefficient (Wildman–Crippen LogP) is 0.698. The van der Waals surface area contributed by atoms with Gasteiger partial charge in [-0.3, -0.25) is 9.59 Å². The normalized spacial score (nSPS) is 29.5. The number of hydrogen-bond donors (Lipinski definition) is 2. The Bertz CT molecular complexity index is 326. The number of carbonyl (C=O) groups is 2. The van der Waals surface area contributed by atoms with Gasteiger partial charge in [0, 0.05) is 19.0 Å². The molecule has 2 rings (SSSR count). The molecular formula is C13H22N2O3. The third-order valence-corrected chi connectivity index (χ3v) is 4.31. The molecule has 2 unspecified atom stereocenters. The maximum absolute atomic E-state index is 12.2. The van der Waals surface area contributed by atoms with Crippen LogP contribution in [0, 0.1) is 11.8 Å². The third-order valence-electron chi connectivity index (χ3n) is 4.31. The van der Waals surface area contributed by atoms with Crippen molar-refractivity contribution in [2.75, 3.05) is 19.6 Å². The van der Waals surface area contributed by atoms with Gasteiger partial charge in [-0.15, -0.1) is 0 Å². The van der Waals surface area contributed by atoms with E-state index in [9.17, 15) is 9.59 Å². The minimum Gasteiger partial charge on any atom is -0.481 e. The van der Waals surface area contributed by atoms with E-state index in [0.717, 1.165) is 25.9 Å². The Balaban J connectivity index is 1.87. The molecule has 2 aliphatic rings. The molecular weight excluding hydrogens is 232 g/mol. The SMILES string of the molecule is CC1C(C(=O)O)CCN1C(=O)CC1CCNCC1. The number of aliphatic carboxylic acids is 1. The molecule has 0 aliphatic carbocycles. The lowest BCUT2D eigenvalue weighted by atomic mass is 9.94. The van der Waals surface area contributed by atoms with Gasteiger partial charge in [0.25, 0.3) is 0 Å². The fourth-order valence-corrected chi connectivity index (χ4v) is 3.07. The molecule has 18 heavy (non-hydrogen) atoms. The van der Waals surface area contributed by atoms with E-state index in [1.807, 2.05) is 6.92 Å². The number of piperidine rings is 1. The third kappa shape index (κ3) is 2.83. The van der Waals surface area contributed by atoms with Crippen molar-refractivity contribution in [3.05, 3.63) is 0 Å². The highest BCUT2D eigenvalue weighted by atomic mass is 16.4. The molecule has 5 nitrogen and oxygen atoms in total. The molecule has 5 heteroatoms. The molecule has 0 saturated carbocycles. The summed E-state index contributed by atoms with van der Waals surface area (Å²) in [7, 11) is 0. The first-order valence-electron chi connectivity index (χ1n) is 6.82. The number of likely N-dealkylation sites (tertiary alicyclic amines) is 1. The summed E-state index contributed by atoms with van der Waals surface area (Å²) < 4.78 is 0. The van der Waals surface area contributed by atoms with Crippen LogP contribution in [0.4, 0.5) is 0 Å². The summed E-state index contributed by atoms with van der Waals surface area (Å²) in [4.78, 5) is 25.0. The van der Waals surface area contributed by atoms with Crippen molar-refractivity contribution in [1.29, 1.82) is 0 Å². The van der Waals surface area contributed by atoms with Gasteiger partial charge in [0.05, 0.1) is 5.92 Å². The molecule has 2 heterocycles. The Hall–Kier alpha value is -1.10. The van der Waals surface area contributed by atoms with Gasteiger partial charge in [-0.2, -0.15) is 0 Å². The van der Waals surface area contributed by atoms with Gasteiger partial charge in [0.15, 0.2) is 0 Å². The van der Waals surface area contributed by atoms with E-state index in [1.165, 1.54) is 0 Å². The molecule has 0 radical (unpaired) electrons. The minimum absolute atomic E-state index is 0.137. The topological polar surface area (TPSA) is 69.6 Å². The standard InChI is InChI=1S/C13H22N2O3/c1-9-11(13(17)18)4-7-15(9)12(16)8-10-2-5-14-6-3-10/h9-11,14H,2-8H2,1H3,(H,17,18). The highest BCUT2D eigenvalue weighted by molar-refractivity contribution is 5.79. The minimum atomic E-state index is -0.778. The molecule has 0 bridgehead atoms. The number of carbonyl (C=O) groups excluding carboxylic acids is 1. The molecule has 2 saturated heterocycles. The Morgan fingerprint density at radius 1 is 1.28 bits per heavy atom. The Kier molecular flexibility index (Phi) is 4.22. The summed E-state index contributed by atoms with van der Waals surface area (Å²) in [6.45, 7) is 4.44. The first-order chi connectivity index (χ1) is 8.59. The number of nitrogens with one attached hydrogen (secondary N) is 1. The van der Waals surface area contributed by atoms with Crippen LogP contribution in [-0.4, -0.2) is 47.6 Å². The number of nitrogens with zero attached hydrogens (tertiary/aromatic N) is 1. The van der Waals surface area contributed by atoms with Crippen LogP contribution < -0.4 is 5.32 Å². The molecule has 2 aliphatic heterocycles. The highest BCUT2D eigenvalue weighted by Crippen LogP contribution is 2.27. The van der Waals surface area contributed by atoms with E-state index in [4.69, 9.17) is 5.11 Å². The summed E-state index contributed by atoms with van der Waals surface area (Å²) in [5, 5.41) is 12.3. The summed E-state index contributed by atoms with van der Waals surface area (Å²) in [6.07, 6.45) is 3.28. The van der Waals surface area contributed by atoms with Crippen LogP contribution in [0.3, 0.4) is 0 Å². The number of hydrogen-bond acceptors (Lipinski definition) is 3. The van der Waals surface area contributed by atoms with Gasteiger partial charge < -0.3 is 15.3 Å². The summed E-state index contributed by atoms with van der Waals surface area (Å²) in [5.41, 5.74) is 0. The zero-order valence-electron chi connectivity index (χ0n) is 10.9. The Morgan fingerprint density at radius 3 is 2.50 bits per heavy atom. The van der Waals surface area contributed by atoms with E-state index in [0.29, 0.717) is 25.3 Å². The van der Waals surface area contributed by atoms with E-state index in [-0.39, 0.29) is 17.9 Å². The number of carboxylic acid groups (broad SMARTS) is 1. The fourth-order valence-electron chi connectivity index (χ4n) is 3.07. The van der Waals surface area contributed by atoms with Crippen LogP contribution >= 0.6 is 0 Å². The number of rotatable bonds is 3. The summed E-state index contributed by atoms with van der Waals surface area (Å²) >= 11 is 0. The molecule has 1 amide bonds. The molecule has 0 spiro atoms. The van der Waals surface area contributed by atoms with Crippen LogP contribution in [0.25, 0.3) is 0 Å². The Labute approximate surface area is 108 Å². The zero-order chi connectivity index (χ0) is 13.1. The van der Waals surface area contributed by atoms with E-state index in [1.54, 1.807) is 4.90 Å². The fraction of sp³-hybridized carbons (Fsp3) is 0.846. The van der Waals surface area contributed by atoms with E-state index < -0.39 is 5.97 Å². The lowest BCUT2D eigenvalue weighted by Gasteiger charge is -2.27. The Morgan fingerprint density at radius 2 is 1.94 bits per heavy atom. The average Bonchev–Trinajstić information content (AvgIpc) is 2.72. The van der Waals surface area contributed by atoms with Crippen LogP contribution in [0.15, 0.2) is 0 Å². The largest absolute Gasteiger partial charge is 0.481 e. The van der Waals surface area contributed by atoms with Crippen molar-refractivity contribution in [2.24, 2.45) is 11.8 Å². The monoisotopic (exact) mass is 254 g/mol. The van der Waals surface area contributed by atoms with Crippen LogP contribution in [-0.2, 0) is 9.59 Å². The smallest absolute Gasteiger partial charge is 0.308 e. The molecule has 102 valence electrons. The zero-order valence-corrected chi connectivity index (χ0v) is 10.9. The first kappa shape index (κ1) is 13.3. The van der Waals surface area contributed by atoms with Gasteiger partial charge in [-0.05, 0) is 45.2 Å². The van der Waals surface area contributed by atoms with Gasteiger partial charge >= 0.3 is 5.97 Å². The second kappa shape index (κ2) is 5.69. The van der Waals surface area contributed by atoms with Crippen LogP contribution in [0.1, 0.15) is 32.6 Å². The lowest BCUT2D eigenvalue weighted by Crippen LogP contribution is -2.39. The van der Waals surface area contributed by atoms with E-state index in [2.05, 4.69) is 5.32 Å². The van der Waals surface area contributed by atoms with Crippen molar-refractivity contribution >= 4 is 11.9 Å². The maximum Gasteiger partial charge on any atom is 0.308 e. The molecule has 0 aromatic rings. The van der Waals surface area contributed by atoms with E-state index >= 15 is 0 Å². The van der Waals surface area contributed by atoms with Gasteiger partial charge in [0.1, 0.15) is 0 Å². The quantitative estimate of drug-likeness (QED) is 0.778. The molecule has 2 N–H and O–H groups in total. The number of amides is 1. The molecule has 0 aromatic heterocycles. The van der Waals surface area contributed by atoms with Crippen LogP contribution in [0.2, 0.25) is 0 Å². The van der Waals surface area contributed by atoms with Crippen LogP contribution in [0.5, 0.6) is 0 Å². The van der Waals surface area contributed by atoms with Gasteiger partial charge in [-0.1, -0.05) is 0 Å². The van der Waals surface area contributed by atoms with Crippen molar-refractivity contribution in [2.45, 2.75) is 38.6 Å². The maximum atomic E-state index is 12.2. The summed E-state index contributed by atoms with van der Waals surface area (Å²) in [6, 6.07) is -0.156. The average molecular weight is 254 g/mol. The highest BCUT2D eigenvalue weighted by Gasteiger charge is 2.38. The van der Waals surface area contributed by atoms with Crippen molar-refractivity contribution in [3.63, 3.8) is 0 Å². The number of carboxylic acids is 1. The second-order valence-corrected chi connectivity index (χ2v) is 5.46. The lowest BCUT2D eigenvalue weighted by molar-refractivity contribution is -0.143. The first-order valence-corrected chi connectivity index (χ1v) is 6.82. The van der Waals surface area contributed by atoms with Crippen molar-refractivity contribution in [1.82, 2.24) is 10.2 Å². The molecule has 0 aromatic carbocycles. The predicted molar refractivity (Wildman–Crippen MR) is 67.1 cm³/mol. The van der Waals surface area contributed by atoms with Gasteiger partial charge in [-0.25, -0.2) is 0 Å². The molecule has 2 atom stereocenters. The van der Waals surface area contributed by atoms with Gasteiger partial charge in [0.2, 0.25) is 5.91 Å². The van der Waals surface area contributed by atoms with Crippen molar-refractivity contribution < 1.29 is 14.7 Å². The molecule has 2 fully saturated rings. The van der Waals surface area contributed by atoms with Crippen molar-refractivity contribution in [3.8, 4) is 0 Å². The summed E-state index contributed by atoms with van der Waals surface area (Å²) in [5.74, 6) is -0.561.